The third-order valence-electron chi connectivity index (χ3n) is 3.98. The van der Waals surface area contributed by atoms with Crippen molar-refractivity contribution in [1.82, 2.24) is 5.32 Å². The van der Waals surface area contributed by atoms with Crippen LogP contribution < -0.4 is 11.1 Å². The molecule has 4 nitrogen and oxygen atoms in total. The minimum atomic E-state index is -0.895. The van der Waals surface area contributed by atoms with Gasteiger partial charge in [0.25, 0.3) is 0 Å². The summed E-state index contributed by atoms with van der Waals surface area (Å²) in [6.45, 7) is 3.93. The van der Waals surface area contributed by atoms with Crippen LogP contribution in [0.15, 0.2) is 36.4 Å². The lowest BCUT2D eigenvalue weighted by atomic mass is 10.0. The Morgan fingerprint density at radius 2 is 1.64 bits per heavy atom. The molecule has 2 rings (SSSR count). The topological polar surface area (TPSA) is 72.2 Å². The maximum atomic E-state index is 13.2. The number of carbonyl (C=O) groups is 2. The third-order valence-corrected chi connectivity index (χ3v) is 3.98. The minimum absolute atomic E-state index is 0.185. The number of benzene rings is 2. The standard InChI is InChI=1S/C19H20F2N2O2/c1-11-3-4-13(5-12(11)2)8-17(19(22)25)23-18(24)9-14-6-15(20)10-16(21)7-14/h3-7,10,17H,8-9H2,1-2H3,(H2,22,25)(H,23,24)/t17-/m1/s1. The number of hydrogen-bond acceptors (Lipinski definition) is 2. The number of carbonyl (C=O) groups excluding carboxylic acids is 2. The van der Waals surface area contributed by atoms with E-state index in [0.29, 0.717) is 0 Å². The van der Waals surface area contributed by atoms with E-state index in [1.807, 2.05) is 32.0 Å². The van der Waals surface area contributed by atoms with Crippen molar-refractivity contribution in [3.8, 4) is 0 Å². The predicted molar refractivity (Wildman–Crippen MR) is 90.8 cm³/mol. The monoisotopic (exact) mass is 346 g/mol. The van der Waals surface area contributed by atoms with Gasteiger partial charge >= 0.3 is 0 Å². The molecular formula is C19H20F2N2O2. The Bertz CT molecular complexity index is 786. The van der Waals surface area contributed by atoms with Gasteiger partial charge in [-0.15, -0.1) is 0 Å². The molecule has 0 aliphatic carbocycles. The van der Waals surface area contributed by atoms with E-state index in [1.165, 1.54) is 0 Å². The lowest BCUT2D eigenvalue weighted by Crippen LogP contribution is -2.46. The SMILES string of the molecule is Cc1ccc(C[C@@H](NC(=O)Cc2cc(F)cc(F)c2)C(N)=O)cc1C. The molecule has 132 valence electrons. The lowest BCUT2D eigenvalue weighted by Gasteiger charge is -2.16. The maximum Gasteiger partial charge on any atom is 0.240 e. The molecule has 0 aliphatic heterocycles. The van der Waals surface area contributed by atoms with Gasteiger partial charge in [0, 0.05) is 12.5 Å². The van der Waals surface area contributed by atoms with Gasteiger partial charge in [0.2, 0.25) is 11.8 Å². The summed E-state index contributed by atoms with van der Waals surface area (Å²) in [5.74, 6) is -2.72. The second kappa shape index (κ2) is 7.88. The average Bonchev–Trinajstić information content (AvgIpc) is 2.49. The number of nitrogens with one attached hydrogen (secondary N) is 1. The highest BCUT2D eigenvalue weighted by molar-refractivity contribution is 5.87. The summed E-state index contributed by atoms with van der Waals surface area (Å²) in [4.78, 5) is 23.7. The first kappa shape index (κ1) is 18.6. The Morgan fingerprint density at radius 3 is 2.20 bits per heavy atom. The molecule has 0 heterocycles. The molecular weight excluding hydrogens is 326 g/mol. The molecule has 2 aromatic rings. The normalized spacial score (nSPS) is 11.8. The number of rotatable bonds is 6. The van der Waals surface area contributed by atoms with Gasteiger partial charge in [-0.3, -0.25) is 9.59 Å². The van der Waals surface area contributed by atoms with Crippen molar-refractivity contribution in [3.05, 3.63) is 70.3 Å². The van der Waals surface area contributed by atoms with E-state index < -0.39 is 29.5 Å². The van der Waals surface area contributed by atoms with E-state index in [2.05, 4.69) is 5.32 Å². The van der Waals surface area contributed by atoms with Crippen LogP contribution in [0, 0.1) is 25.5 Å². The fraction of sp³-hybridized carbons (Fsp3) is 0.263. The number of primary amides is 1. The quantitative estimate of drug-likeness (QED) is 0.843. The Balaban J connectivity index is 2.06. The molecule has 0 aliphatic rings. The van der Waals surface area contributed by atoms with Crippen molar-refractivity contribution < 1.29 is 18.4 Å². The summed E-state index contributed by atoms with van der Waals surface area (Å²) in [6.07, 6.45) is 0.00505. The molecule has 0 saturated heterocycles. The Morgan fingerprint density at radius 1 is 1.00 bits per heavy atom. The van der Waals surface area contributed by atoms with Crippen LogP contribution in [0.3, 0.4) is 0 Å². The lowest BCUT2D eigenvalue weighted by molar-refractivity contribution is -0.127. The Labute approximate surface area is 145 Å². The molecule has 0 aromatic heterocycles. The summed E-state index contributed by atoms with van der Waals surface area (Å²) in [6, 6.07) is 7.71. The third kappa shape index (κ3) is 5.38. The minimum Gasteiger partial charge on any atom is -0.368 e. The summed E-state index contributed by atoms with van der Waals surface area (Å²) in [7, 11) is 0. The van der Waals surface area contributed by atoms with Crippen LogP contribution in [0.25, 0.3) is 0 Å². The molecule has 3 N–H and O–H groups in total. The molecule has 0 unspecified atom stereocenters. The average molecular weight is 346 g/mol. The molecule has 2 aromatic carbocycles. The van der Waals surface area contributed by atoms with Crippen LogP contribution >= 0.6 is 0 Å². The second-order valence-electron chi connectivity index (χ2n) is 6.10. The van der Waals surface area contributed by atoms with E-state index in [1.54, 1.807) is 0 Å². The van der Waals surface area contributed by atoms with E-state index in [-0.39, 0.29) is 18.4 Å². The summed E-state index contributed by atoms with van der Waals surface area (Å²) >= 11 is 0. The van der Waals surface area contributed by atoms with Gasteiger partial charge in [0.1, 0.15) is 17.7 Å². The van der Waals surface area contributed by atoms with Gasteiger partial charge in [0.05, 0.1) is 6.42 Å². The van der Waals surface area contributed by atoms with Gasteiger partial charge < -0.3 is 11.1 Å². The fourth-order valence-corrected chi connectivity index (χ4v) is 2.53. The van der Waals surface area contributed by atoms with E-state index in [9.17, 15) is 18.4 Å². The first-order valence-electron chi connectivity index (χ1n) is 7.84. The van der Waals surface area contributed by atoms with Gasteiger partial charge in [-0.1, -0.05) is 18.2 Å². The number of hydrogen-bond donors (Lipinski definition) is 2. The van der Waals surface area contributed by atoms with E-state index in [4.69, 9.17) is 5.73 Å². The summed E-state index contributed by atoms with van der Waals surface area (Å²) < 4.78 is 26.4. The number of halogens is 2. The zero-order valence-electron chi connectivity index (χ0n) is 14.1. The van der Waals surface area contributed by atoms with Gasteiger partial charge in [0.15, 0.2) is 0 Å². The van der Waals surface area contributed by atoms with Crippen LogP contribution in [0.4, 0.5) is 8.78 Å². The van der Waals surface area contributed by atoms with Crippen molar-refractivity contribution in [1.29, 1.82) is 0 Å². The van der Waals surface area contributed by atoms with Gasteiger partial charge in [-0.25, -0.2) is 8.78 Å². The summed E-state index contributed by atoms with van der Waals surface area (Å²) in [5.41, 5.74) is 8.61. The van der Waals surface area contributed by atoms with Crippen molar-refractivity contribution >= 4 is 11.8 Å². The van der Waals surface area contributed by atoms with Crippen molar-refractivity contribution in [3.63, 3.8) is 0 Å². The molecule has 6 heteroatoms. The number of amides is 2. The molecule has 0 fully saturated rings. The van der Waals surface area contributed by atoms with Crippen molar-refractivity contribution in [2.75, 3.05) is 0 Å². The largest absolute Gasteiger partial charge is 0.368 e. The highest BCUT2D eigenvalue weighted by Gasteiger charge is 2.19. The zero-order valence-corrected chi connectivity index (χ0v) is 14.1. The van der Waals surface area contributed by atoms with Gasteiger partial charge in [-0.2, -0.15) is 0 Å². The van der Waals surface area contributed by atoms with Crippen LogP contribution in [-0.2, 0) is 22.4 Å². The highest BCUT2D eigenvalue weighted by atomic mass is 19.1. The fourth-order valence-electron chi connectivity index (χ4n) is 2.53. The summed E-state index contributed by atoms with van der Waals surface area (Å²) in [5, 5.41) is 2.53. The first-order valence-corrected chi connectivity index (χ1v) is 7.84. The van der Waals surface area contributed by atoms with Crippen molar-refractivity contribution in [2.24, 2.45) is 5.73 Å². The smallest absolute Gasteiger partial charge is 0.240 e. The molecule has 0 saturated carbocycles. The van der Waals surface area contributed by atoms with Crippen LogP contribution in [0.2, 0.25) is 0 Å². The predicted octanol–water partition coefficient (Wildman–Crippen LogP) is 2.34. The first-order chi connectivity index (χ1) is 11.7. The van der Waals surface area contributed by atoms with E-state index >= 15 is 0 Å². The Kier molecular flexibility index (Phi) is 5.85. The molecule has 0 spiro atoms. The van der Waals surface area contributed by atoms with E-state index in [0.717, 1.165) is 34.9 Å². The van der Waals surface area contributed by atoms with Crippen LogP contribution in [0.1, 0.15) is 22.3 Å². The number of aryl methyl sites for hydroxylation is 2. The molecule has 2 amide bonds. The number of nitrogens with two attached hydrogens (primary N) is 1. The van der Waals surface area contributed by atoms with Gasteiger partial charge in [-0.05, 0) is 48.2 Å². The van der Waals surface area contributed by atoms with Crippen LogP contribution in [-0.4, -0.2) is 17.9 Å². The molecule has 0 bridgehead atoms. The molecule has 0 radical (unpaired) electrons. The second-order valence-corrected chi connectivity index (χ2v) is 6.10. The molecule has 1 atom stereocenters. The van der Waals surface area contributed by atoms with Crippen molar-refractivity contribution in [2.45, 2.75) is 32.7 Å². The maximum absolute atomic E-state index is 13.2. The highest BCUT2D eigenvalue weighted by Crippen LogP contribution is 2.12. The molecule has 25 heavy (non-hydrogen) atoms. The Hall–Kier alpha value is -2.76. The van der Waals surface area contributed by atoms with Crippen LogP contribution in [0.5, 0.6) is 0 Å². The zero-order chi connectivity index (χ0) is 18.6.